The van der Waals surface area contributed by atoms with E-state index in [2.05, 4.69) is 0 Å². The Kier molecular flexibility index (Phi) is 8.51. The summed E-state index contributed by atoms with van der Waals surface area (Å²) >= 11 is 0. The first-order valence-corrected chi connectivity index (χ1v) is 4.75. The molecule has 0 amide bonds. The third-order valence-electron chi connectivity index (χ3n) is 1.37. The molecule has 0 aliphatic heterocycles. The summed E-state index contributed by atoms with van der Waals surface area (Å²) in [5.74, 6) is -0.384. The second kappa shape index (κ2) is 8.93. The van der Waals surface area contributed by atoms with Crippen molar-refractivity contribution in [3.05, 3.63) is 0 Å². The van der Waals surface area contributed by atoms with Crippen LogP contribution in [0.2, 0.25) is 0 Å². The van der Waals surface area contributed by atoms with Gasteiger partial charge in [0.25, 0.3) is 0 Å². The molecule has 0 fully saturated rings. The fourth-order valence-corrected chi connectivity index (χ4v) is 0.815. The molecule has 5 heteroatoms. The highest BCUT2D eigenvalue weighted by Crippen LogP contribution is 1.93. The average molecular weight is 205 g/mol. The molecule has 0 spiro atoms. The third kappa shape index (κ3) is 7.97. The van der Waals surface area contributed by atoms with Gasteiger partial charge in [-0.1, -0.05) is 0 Å². The maximum Gasteiger partial charge on any atom is 0.332 e. The first-order chi connectivity index (χ1) is 6.70. The molecule has 84 valence electrons. The summed E-state index contributed by atoms with van der Waals surface area (Å²) < 4.78 is 15.0. The lowest BCUT2D eigenvalue weighted by molar-refractivity contribution is -0.156. The molecule has 0 aromatic carbocycles. The molecule has 0 aliphatic carbocycles. The van der Waals surface area contributed by atoms with Crippen LogP contribution < -0.4 is 5.73 Å². The third-order valence-corrected chi connectivity index (χ3v) is 1.37. The Labute approximate surface area is 84.5 Å². The Morgan fingerprint density at radius 1 is 1.43 bits per heavy atom. The second-order valence-electron chi connectivity index (χ2n) is 2.80. The maximum atomic E-state index is 11.0. The Balaban J connectivity index is 3.40. The van der Waals surface area contributed by atoms with Crippen molar-refractivity contribution >= 4 is 5.97 Å². The van der Waals surface area contributed by atoms with Gasteiger partial charge in [0.2, 0.25) is 0 Å². The molecule has 0 radical (unpaired) electrons. The first kappa shape index (κ1) is 13.4. The van der Waals surface area contributed by atoms with E-state index in [-0.39, 0.29) is 18.7 Å². The van der Waals surface area contributed by atoms with Gasteiger partial charge in [-0.2, -0.15) is 0 Å². The lowest BCUT2D eigenvalue weighted by atomic mass is 10.4. The molecular weight excluding hydrogens is 186 g/mol. The highest BCUT2D eigenvalue weighted by molar-refractivity contribution is 5.70. The normalized spacial score (nSPS) is 12.5. The molecule has 1 atom stereocenters. The van der Waals surface area contributed by atoms with Crippen LogP contribution in [0.5, 0.6) is 0 Å². The SMILES string of the molecule is CCOCC(C)OC(=O)COCCN. The van der Waals surface area contributed by atoms with Gasteiger partial charge >= 0.3 is 5.97 Å². The zero-order valence-corrected chi connectivity index (χ0v) is 8.82. The predicted molar refractivity (Wildman–Crippen MR) is 51.9 cm³/mol. The lowest BCUT2D eigenvalue weighted by Gasteiger charge is -2.12. The maximum absolute atomic E-state index is 11.0. The molecule has 0 aromatic heterocycles. The zero-order valence-electron chi connectivity index (χ0n) is 8.82. The lowest BCUT2D eigenvalue weighted by Crippen LogP contribution is -2.24. The summed E-state index contributed by atoms with van der Waals surface area (Å²) in [4.78, 5) is 11.0. The van der Waals surface area contributed by atoms with E-state index in [1.54, 1.807) is 6.92 Å². The summed E-state index contributed by atoms with van der Waals surface area (Å²) in [7, 11) is 0. The number of hydrogen-bond acceptors (Lipinski definition) is 5. The van der Waals surface area contributed by atoms with Gasteiger partial charge in [0.1, 0.15) is 12.7 Å². The molecule has 5 nitrogen and oxygen atoms in total. The van der Waals surface area contributed by atoms with Crippen LogP contribution in [0.4, 0.5) is 0 Å². The second-order valence-corrected chi connectivity index (χ2v) is 2.80. The van der Waals surface area contributed by atoms with Crippen LogP contribution in [0, 0.1) is 0 Å². The van der Waals surface area contributed by atoms with Gasteiger partial charge in [0.05, 0.1) is 13.2 Å². The summed E-state index contributed by atoms with van der Waals surface area (Å²) in [5, 5.41) is 0. The van der Waals surface area contributed by atoms with Crippen LogP contribution in [-0.2, 0) is 19.0 Å². The number of esters is 1. The monoisotopic (exact) mass is 205 g/mol. The molecule has 0 rings (SSSR count). The molecular formula is C9H19NO4. The molecule has 2 N–H and O–H groups in total. The molecule has 0 bridgehead atoms. The van der Waals surface area contributed by atoms with Crippen molar-refractivity contribution in [3.63, 3.8) is 0 Å². The van der Waals surface area contributed by atoms with Gasteiger partial charge in [-0.25, -0.2) is 4.79 Å². The average Bonchev–Trinajstić information content (AvgIpc) is 2.15. The quantitative estimate of drug-likeness (QED) is 0.443. The van der Waals surface area contributed by atoms with Gasteiger partial charge in [-0.3, -0.25) is 0 Å². The topological polar surface area (TPSA) is 70.8 Å². The first-order valence-electron chi connectivity index (χ1n) is 4.75. The van der Waals surface area contributed by atoms with Crippen LogP contribution in [0.3, 0.4) is 0 Å². The van der Waals surface area contributed by atoms with E-state index < -0.39 is 0 Å². The van der Waals surface area contributed by atoms with E-state index in [1.165, 1.54) is 0 Å². The van der Waals surface area contributed by atoms with Gasteiger partial charge in [0.15, 0.2) is 0 Å². The van der Waals surface area contributed by atoms with E-state index in [0.717, 1.165) is 0 Å². The molecule has 0 aliphatic rings. The molecule has 0 saturated carbocycles. The predicted octanol–water partition coefficient (Wildman–Crippen LogP) is -0.0701. The van der Waals surface area contributed by atoms with E-state index >= 15 is 0 Å². The van der Waals surface area contributed by atoms with E-state index in [9.17, 15) is 4.79 Å². The Morgan fingerprint density at radius 3 is 2.71 bits per heavy atom. The fourth-order valence-electron chi connectivity index (χ4n) is 0.815. The number of rotatable bonds is 8. The minimum atomic E-state index is -0.384. The van der Waals surface area contributed by atoms with Crippen LogP contribution in [-0.4, -0.2) is 45.0 Å². The number of carbonyl (C=O) groups excluding carboxylic acids is 1. The summed E-state index contributed by atoms with van der Waals surface area (Å²) in [6, 6.07) is 0. The summed E-state index contributed by atoms with van der Waals surface area (Å²) in [6.07, 6.45) is -0.232. The van der Waals surface area contributed by atoms with Crippen molar-refractivity contribution in [1.29, 1.82) is 0 Å². The molecule has 0 heterocycles. The standard InChI is InChI=1S/C9H19NO4/c1-3-12-6-8(2)14-9(11)7-13-5-4-10/h8H,3-7,10H2,1-2H3. The van der Waals surface area contributed by atoms with E-state index in [0.29, 0.717) is 26.4 Å². The molecule has 1 unspecified atom stereocenters. The van der Waals surface area contributed by atoms with Crippen LogP contribution in [0.15, 0.2) is 0 Å². The van der Waals surface area contributed by atoms with Gasteiger partial charge < -0.3 is 19.9 Å². The molecule has 14 heavy (non-hydrogen) atoms. The van der Waals surface area contributed by atoms with Gasteiger partial charge in [-0.15, -0.1) is 0 Å². The number of hydrogen-bond donors (Lipinski definition) is 1. The summed E-state index contributed by atoms with van der Waals surface area (Å²) in [5.41, 5.74) is 5.18. The Bertz CT molecular complexity index is 152. The van der Waals surface area contributed by atoms with Crippen LogP contribution in [0.25, 0.3) is 0 Å². The van der Waals surface area contributed by atoms with Crippen LogP contribution >= 0.6 is 0 Å². The van der Waals surface area contributed by atoms with Crippen molar-refractivity contribution in [1.82, 2.24) is 0 Å². The minimum Gasteiger partial charge on any atom is -0.459 e. The molecule has 0 saturated heterocycles. The minimum absolute atomic E-state index is 0.0480. The van der Waals surface area contributed by atoms with E-state index in [1.807, 2.05) is 6.92 Å². The van der Waals surface area contributed by atoms with Crippen molar-refractivity contribution in [2.75, 3.05) is 33.0 Å². The Morgan fingerprint density at radius 2 is 2.14 bits per heavy atom. The van der Waals surface area contributed by atoms with Crippen molar-refractivity contribution in [2.45, 2.75) is 20.0 Å². The van der Waals surface area contributed by atoms with Crippen molar-refractivity contribution in [3.8, 4) is 0 Å². The highest BCUT2D eigenvalue weighted by Gasteiger charge is 2.08. The fraction of sp³-hybridized carbons (Fsp3) is 0.889. The molecule has 0 aromatic rings. The highest BCUT2D eigenvalue weighted by atomic mass is 16.6. The van der Waals surface area contributed by atoms with Gasteiger partial charge in [-0.05, 0) is 13.8 Å². The van der Waals surface area contributed by atoms with Gasteiger partial charge in [0, 0.05) is 13.2 Å². The number of nitrogens with two attached hydrogens (primary N) is 1. The van der Waals surface area contributed by atoms with Crippen LogP contribution in [0.1, 0.15) is 13.8 Å². The largest absolute Gasteiger partial charge is 0.459 e. The Hall–Kier alpha value is -0.650. The van der Waals surface area contributed by atoms with E-state index in [4.69, 9.17) is 19.9 Å². The zero-order chi connectivity index (χ0) is 10.8. The summed E-state index contributed by atoms with van der Waals surface area (Å²) in [6.45, 7) is 5.42. The smallest absolute Gasteiger partial charge is 0.332 e. The number of ether oxygens (including phenoxy) is 3. The number of carbonyl (C=O) groups is 1. The van der Waals surface area contributed by atoms with Crippen molar-refractivity contribution < 1.29 is 19.0 Å². The van der Waals surface area contributed by atoms with Crippen molar-refractivity contribution in [2.24, 2.45) is 5.73 Å².